The Balaban J connectivity index is 2.81. The average Bonchev–Trinajstić information content (AvgIpc) is 2.28. The monoisotopic (exact) mass is 255 g/mol. The molecule has 0 aliphatic heterocycles. The third-order valence-corrected chi connectivity index (χ3v) is 2.55. The Bertz CT molecular complexity index is 404. The van der Waals surface area contributed by atoms with E-state index >= 15 is 0 Å². The Morgan fingerprint density at radius 1 is 1.39 bits per heavy atom. The molecule has 0 fully saturated rings. The van der Waals surface area contributed by atoms with Gasteiger partial charge in [-0.05, 0) is 32.9 Å². The Morgan fingerprint density at radius 3 is 2.50 bits per heavy atom. The second kappa shape index (κ2) is 5.62. The number of aromatic nitrogens is 1. The SMILES string of the molecule is CC(C)(C)N([O-])CC(O)c1ccc(O)c(CO)n1. The normalized spacial score (nSPS) is 13.9. The quantitative estimate of drug-likeness (QED) is 0.691. The number of aromatic hydroxyl groups is 1. The van der Waals surface area contributed by atoms with Gasteiger partial charge in [0.1, 0.15) is 17.5 Å². The molecule has 3 N–H and O–H groups in total. The number of aliphatic hydroxyl groups excluding tert-OH is 2. The van der Waals surface area contributed by atoms with E-state index in [4.69, 9.17) is 5.11 Å². The van der Waals surface area contributed by atoms with Crippen molar-refractivity contribution in [1.29, 1.82) is 0 Å². The van der Waals surface area contributed by atoms with Crippen molar-refractivity contribution in [3.05, 3.63) is 28.7 Å². The maximum absolute atomic E-state index is 11.7. The molecule has 102 valence electrons. The summed E-state index contributed by atoms with van der Waals surface area (Å²) in [5, 5.41) is 40.7. The van der Waals surface area contributed by atoms with Crippen LogP contribution in [0, 0.1) is 5.21 Å². The zero-order chi connectivity index (χ0) is 13.9. The lowest BCUT2D eigenvalue weighted by molar-refractivity contribution is 0.0908. The summed E-state index contributed by atoms with van der Waals surface area (Å²) in [5.74, 6) is -0.136. The molecule has 1 heterocycles. The van der Waals surface area contributed by atoms with Gasteiger partial charge < -0.3 is 25.6 Å². The topological polar surface area (TPSA) is 99.9 Å². The number of aliphatic hydroxyl groups is 2. The van der Waals surface area contributed by atoms with Crippen LogP contribution in [-0.4, -0.2) is 37.5 Å². The highest BCUT2D eigenvalue weighted by Crippen LogP contribution is 2.21. The van der Waals surface area contributed by atoms with Gasteiger partial charge in [-0.3, -0.25) is 0 Å². The van der Waals surface area contributed by atoms with E-state index in [2.05, 4.69) is 4.98 Å². The molecule has 0 spiro atoms. The second-order valence-corrected chi connectivity index (χ2v) is 5.11. The molecule has 0 aliphatic carbocycles. The predicted octanol–water partition coefficient (Wildman–Crippen LogP) is 0.911. The van der Waals surface area contributed by atoms with E-state index in [1.807, 2.05) is 0 Å². The molecule has 1 atom stereocenters. The van der Waals surface area contributed by atoms with Crippen LogP contribution in [0.25, 0.3) is 0 Å². The van der Waals surface area contributed by atoms with Crippen molar-refractivity contribution in [1.82, 2.24) is 10.0 Å². The number of β-amino-alcohol motifs (C(OH)–C–C–N with tert-alkyl or cyclic N) is 1. The summed E-state index contributed by atoms with van der Waals surface area (Å²) in [6, 6.07) is 2.76. The smallest absolute Gasteiger partial charge is 0.139 e. The van der Waals surface area contributed by atoms with Gasteiger partial charge in [-0.2, -0.15) is 0 Å². The van der Waals surface area contributed by atoms with Crippen molar-refractivity contribution < 1.29 is 15.3 Å². The lowest BCUT2D eigenvalue weighted by atomic mass is 10.1. The summed E-state index contributed by atoms with van der Waals surface area (Å²) in [6.07, 6.45) is -1.06. The van der Waals surface area contributed by atoms with Gasteiger partial charge in [-0.25, -0.2) is 4.98 Å². The molecule has 0 bridgehead atoms. The van der Waals surface area contributed by atoms with Crippen molar-refractivity contribution in [2.75, 3.05) is 6.54 Å². The summed E-state index contributed by atoms with van der Waals surface area (Å²) >= 11 is 0. The molecule has 1 aromatic heterocycles. The van der Waals surface area contributed by atoms with Crippen LogP contribution < -0.4 is 0 Å². The molecule has 0 radical (unpaired) electrons. The summed E-state index contributed by atoms with van der Waals surface area (Å²) in [7, 11) is 0. The number of hydrogen-bond donors (Lipinski definition) is 3. The van der Waals surface area contributed by atoms with Gasteiger partial charge >= 0.3 is 0 Å². The van der Waals surface area contributed by atoms with E-state index in [0.717, 1.165) is 5.06 Å². The molecule has 1 unspecified atom stereocenters. The third kappa shape index (κ3) is 3.64. The molecule has 0 saturated carbocycles. The number of hydroxylamine groups is 2. The highest BCUT2D eigenvalue weighted by Gasteiger charge is 2.18. The molecule has 0 aromatic carbocycles. The Hall–Kier alpha value is -1.21. The van der Waals surface area contributed by atoms with E-state index < -0.39 is 18.2 Å². The second-order valence-electron chi connectivity index (χ2n) is 5.11. The lowest BCUT2D eigenvalue weighted by Gasteiger charge is -2.42. The zero-order valence-corrected chi connectivity index (χ0v) is 10.8. The Labute approximate surface area is 106 Å². The minimum Gasteiger partial charge on any atom is -0.785 e. The van der Waals surface area contributed by atoms with Gasteiger partial charge in [0.25, 0.3) is 0 Å². The molecule has 0 aliphatic rings. The van der Waals surface area contributed by atoms with Crippen LogP contribution in [0.1, 0.15) is 38.3 Å². The van der Waals surface area contributed by atoms with E-state index in [-0.39, 0.29) is 23.7 Å². The average molecular weight is 255 g/mol. The van der Waals surface area contributed by atoms with E-state index in [0.29, 0.717) is 0 Å². The van der Waals surface area contributed by atoms with Crippen LogP contribution in [0.3, 0.4) is 0 Å². The molecule has 0 amide bonds. The fourth-order valence-electron chi connectivity index (χ4n) is 1.34. The van der Waals surface area contributed by atoms with E-state index in [1.165, 1.54) is 12.1 Å². The van der Waals surface area contributed by atoms with Crippen molar-refractivity contribution in [3.63, 3.8) is 0 Å². The van der Waals surface area contributed by atoms with Gasteiger partial charge in [-0.1, -0.05) is 0 Å². The number of rotatable bonds is 4. The third-order valence-electron chi connectivity index (χ3n) is 2.55. The molecular weight excluding hydrogens is 236 g/mol. The van der Waals surface area contributed by atoms with E-state index in [9.17, 15) is 15.4 Å². The zero-order valence-electron chi connectivity index (χ0n) is 10.8. The largest absolute Gasteiger partial charge is 0.785 e. The van der Waals surface area contributed by atoms with Crippen LogP contribution in [0.5, 0.6) is 5.75 Å². The molecule has 1 aromatic rings. The van der Waals surface area contributed by atoms with Crippen molar-refractivity contribution >= 4 is 0 Å². The van der Waals surface area contributed by atoms with Crippen LogP contribution >= 0.6 is 0 Å². The fourth-order valence-corrected chi connectivity index (χ4v) is 1.34. The maximum Gasteiger partial charge on any atom is 0.139 e. The fraction of sp³-hybridized carbons (Fsp3) is 0.583. The van der Waals surface area contributed by atoms with Gasteiger partial charge in [0.2, 0.25) is 0 Å². The summed E-state index contributed by atoms with van der Waals surface area (Å²) in [4.78, 5) is 3.91. The van der Waals surface area contributed by atoms with Crippen molar-refractivity contribution in [2.24, 2.45) is 0 Å². The van der Waals surface area contributed by atoms with Crippen molar-refractivity contribution in [2.45, 2.75) is 39.0 Å². The first kappa shape index (κ1) is 14.8. The van der Waals surface area contributed by atoms with E-state index in [1.54, 1.807) is 20.8 Å². The number of pyridine rings is 1. The van der Waals surface area contributed by atoms with Crippen molar-refractivity contribution in [3.8, 4) is 5.75 Å². The maximum atomic E-state index is 11.7. The standard InChI is InChI=1S/C12H19N2O4/c1-12(2,3)14(18)6-11(17)8-4-5-10(16)9(7-15)13-8/h4-5,11,15-17H,6-7H2,1-3H3/q-1. The highest BCUT2D eigenvalue weighted by molar-refractivity contribution is 5.28. The van der Waals surface area contributed by atoms with Crippen LogP contribution in [0.15, 0.2) is 12.1 Å². The minimum absolute atomic E-state index is 0.0831. The lowest BCUT2D eigenvalue weighted by Crippen LogP contribution is -2.39. The Morgan fingerprint density at radius 2 is 2.00 bits per heavy atom. The molecule has 0 saturated heterocycles. The first-order valence-electron chi connectivity index (χ1n) is 5.68. The first-order valence-corrected chi connectivity index (χ1v) is 5.68. The highest BCUT2D eigenvalue weighted by atomic mass is 16.5. The van der Waals surface area contributed by atoms with Gasteiger partial charge in [-0.15, -0.1) is 0 Å². The van der Waals surface area contributed by atoms with Gasteiger partial charge in [0.05, 0.1) is 12.3 Å². The van der Waals surface area contributed by atoms with Crippen LogP contribution in [0.4, 0.5) is 0 Å². The summed E-state index contributed by atoms with van der Waals surface area (Å²) < 4.78 is 0. The molecule has 6 nitrogen and oxygen atoms in total. The molecule has 18 heavy (non-hydrogen) atoms. The van der Waals surface area contributed by atoms with Crippen LogP contribution in [0.2, 0.25) is 0 Å². The predicted molar refractivity (Wildman–Crippen MR) is 66.6 cm³/mol. The van der Waals surface area contributed by atoms with Gasteiger partial charge in [0, 0.05) is 12.1 Å². The Kier molecular flexibility index (Phi) is 4.64. The number of hydrogen-bond acceptors (Lipinski definition) is 6. The molecular formula is C12H19N2O4-. The molecule has 1 rings (SSSR count). The van der Waals surface area contributed by atoms with Gasteiger partial charge in [0.15, 0.2) is 0 Å². The number of nitrogens with zero attached hydrogens (tertiary/aromatic N) is 2. The summed E-state index contributed by atoms with van der Waals surface area (Å²) in [6.45, 7) is 4.70. The van der Waals surface area contributed by atoms with Crippen LogP contribution in [-0.2, 0) is 6.61 Å². The first-order chi connectivity index (χ1) is 8.25. The summed E-state index contributed by atoms with van der Waals surface area (Å²) in [5.41, 5.74) is -0.265. The minimum atomic E-state index is -1.06. The molecule has 6 heteroatoms.